The number of rotatable bonds is 1. The van der Waals surface area contributed by atoms with E-state index in [0.29, 0.717) is 12.1 Å². The van der Waals surface area contributed by atoms with E-state index in [2.05, 4.69) is 34.1 Å². The number of hydrogen-bond donors (Lipinski definition) is 1. The predicted molar refractivity (Wildman–Crippen MR) is 67.3 cm³/mol. The highest BCUT2D eigenvalue weighted by Gasteiger charge is 2.25. The number of aromatic nitrogens is 3. The van der Waals surface area contributed by atoms with Crippen LogP contribution in [0.2, 0.25) is 0 Å². The van der Waals surface area contributed by atoms with E-state index in [9.17, 15) is 0 Å². The lowest BCUT2D eigenvalue weighted by molar-refractivity contribution is 0.420. The van der Waals surface area contributed by atoms with Crippen molar-refractivity contribution in [1.82, 2.24) is 19.9 Å². The summed E-state index contributed by atoms with van der Waals surface area (Å²) >= 11 is 0. The van der Waals surface area contributed by atoms with Crippen molar-refractivity contribution in [3.05, 3.63) is 24.4 Å². The van der Waals surface area contributed by atoms with E-state index in [-0.39, 0.29) is 0 Å². The first kappa shape index (κ1) is 10.5. The third kappa shape index (κ3) is 1.86. The molecule has 3 heterocycles. The van der Waals surface area contributed by atoms with Crippen LogP contribution in [0.1, 0.15) is 13.8 Å². The Morgan fingerprint density at radius 1 is 1.35 bits per heavy atom. The molecule has 17 heavy (non-hydrogen) atoms. The van der Waals surface area contributed by atoms with Crippen molar-refractivity contribution in [2.24, 2.45) is 0 Å². The van der Waals surface area contributed by atoms with E-state index in [1.807, 2.05) is 28.9 Å². The monoisotopic (exact) mass is 231 g/mol. The maximum Gasteiger partial charge on any atom is 0.246 e. The first-order valence-corrected chi connectivity index (χ1v) is 6.05. The quantitative estimate of drug-likeness (QED) is 0.792. The van der Waals surface area contributed by atoms with Crippen LogP contribution >= 0.6 is 0 Å². The average molecular weight is 231 g/mol. The molecule has 2 aromatic rings. The lowest BCUT2D eigenvalue weighted by Crippen LogP contribution is -2.54. The summed E-state index contributed by atoms with van der Waals surface area (Å²) < 4.78 is 1.83. The average Bonchev–Trinajstić information content (AvgIpc) is 2.75. The van der Waals surface area contributed by atoms with E-state index in [4.69, 9.17) is 0 Å². The molecule has 2 unspecified atom stereocenters. The maximum absolute atomic E-state index is 4.57. The molecule has 1 aliphatic rings. The van der Waals surface area contributed by atoms with Gasteiger partial charge in [-0.15, -0.1) is 5.10 Å². The molecule has 5 nitrogen and oxygen atoms in total. The molecule has 2 atom stereocenters. The molecule has 0 spiro atoms. The summed E-state index contributed by atoms with van der Waals surface area (Å²) in [6.07, 6.45) is 1.93. The largest absolute Gasteiger partial charge is 0.334 e. The zero-order valence-electron chi connectivity index (χ0n) is 10.2. The van der Waals surface area contributed by atoms with E-state index in [1.165, 1.54) is 0 Å². The van der Waals surface area contributed by atoms with Gasteiger partial charge in [-0.05, 0) is 26.0 Å². The van der Waals surface area contributed by atoms with Crippen LogP contribution in [0.25, 0.3) is 5.65 Å². The van der Waals surface area contributed by atoms with E-state index < -0.39 is 0 Å². The molecule has 1 N–H and O–H groups in total. The summed E-state index contributed by atoms with van der Waals surface area (Å²) in [5, 5.41) is 7.99. The molecule has 0 aromatic carbocycles. The molecule has 0 aliphatic carbocycles. The molecule has 1 aliphatic heterocycles. The maximum atomic E-state index is 4.57. The Balaban J connectivity index is 1.96. The Bertz CT molecular complexity index is 487. The minimum absolute atomic E-state index is 0.434. The van der Waals surface area contributed by atoms with Crippen molar-refractivity contribution in [1.29, 1.82) is 0 Å². The number of pyridine rings is 1. The fraction of sp³-hybridized carbons (Fsp3) is 0.500. The lowest BCUT2D eigenvalue weighted by Gasteiger charge is -2.36. The molecule has 1 fully saturated rings. The van der Waals surface area contributed by atoms with Gasteiger partial charge in [-0.1, -0.05) is 6.07 Å². The molecule has 3 rings (SSSR count). The van der Waals surface area contributed by atoms with E-state index in [0.717, 1.165) is 24.7 Å². The Labute approximate surface area is 100 Å². The van der Waals surface area contributed by atoms with Gasteiger partial charge < -0.3 is 10.2 Å². The number of fused-ring (bicyclic) bond motifs is 1. The second kappa shape index (κ2) is 4.00. The molecular formula is C12H17N5. The van der Waals surface area contributed by atoms with Crippen LogP contribution in [0.4, 0.5) is 5.95 Å². The Morgan fingerprint density at radius 2 is 2.24 bits per heavy atom. The third-order valence-corrected chi connectivity index (χ3v) is 3.25. The van der Waals surface area contributed by atoms with Crippen LogP contribution in [0, 0.1) is 0 Å². The smallest absolute Gasteiger partial charge is 0.246 e. The zero-order chi connectivity index (χ0) is 11.8. The van der Waals surface area contributed by atoms with Crippen LogP contribution in [0.5, 0.6) is 0 Å². The Hall–Kier alpha value is -1.62. The summed E-state index contributed by atoms with van der Waals surface area (Å²) in [6, 6.07) is 6.85. The van der Waals surface area contributed by atoms with Crippen LogP contribution in [-0.4, -0.2) is 39.8 Å². The second-order valence-corrected chi connectivity index (χ2v) is 4.73. The molecule has 0 bridgehead atoms. The molecular weight excluding hydrogens is 214 g/mol. The SMILES string of the molecule is CC1CN(c2nc3ccccn3n2)C(C)CN1. The van der Waals surface area contributed by atoms with Crippen molar-refractivity contribution in [2.75, 3.05) is 18.0 Å². The second-order valence-electron chi connectivity index (χ2n) is 4.73. The summed E-state index contributed by atoms with van der Waals surface area (Å²) in [4.78, 5) is 6.84. The third-order valence-electron chi connectivity index (χ3n) is 3.25. The molecule has 1 saturated heterocycles. The van der Waals surface area contributed by atoms with Crippen molar-refractivity contribution in [2.45, 2.75) is 25.9 Å². The van der Waals surface area contributed by atoms with Gasteiger partial charge in [0, 0.05) is 31.4 Å². The minimum atomic E-state index is 0.434. The fourth-order valence-electron chi connectivity index (χ4n) is 2.24. The standard InChI is InChI=1S/C12H17N5/c1-9-8-16(10(2)7-13-9)12-14-11-5-3-4-6-17(11)15-12/h3-6,9-10,13H,7-8H2,1-2H3. The molecule has 0 amide bonds. The normalized spacial score (nSPS) is 25.4. The molecule has 5 heteroatoms. The Morgan fingerprint density at radius 3 is 3.06 bits per heavy atom. The zero-order valence-corrected chi connectivity index (χ0v) is 10.2. The fourth-order valence-corrected chi connectivity index (χ4v) is 2.24. The Kier molecular flexibility index (Phi) is 2.48. The predicted octanol–water partition coefficient (Wildman–Crippen LogP) is 0.916. The highest BCUT2D eigenvalue weighted by atomic mass is 15.4. The van der Waals surface area contributed by atoms with Gasteiger partial charge in [0.05, 0.1) is 0 Å². The first-order valence-electron chi connectivity index (χ1n) is 6.05. The highest BCUT2D eigenvalue weighted by molar-refractivity contribution is 5.45. The van der Waals surface area contributed by atoms with Gasteiger partial charge in [0.15, 0.2) is 5.65 Å². The van der Waals surface area contributed by atoms with E-state index >= 15 is 0 Å². The molecule has 90 valence electrons. The van der Waals surface area contributed by atoms with Crippen molar-refractivity contribution >= 4 is 11.6 Å². The number of piperazine rings is 1. The van der Waals surface area contributed by atoms with Gasteiger partial charge in [-0.3, -0.25) is 0 Å². The van der Waals surface area contributed by atoms with Crippen LogP contribution in [0.15, 0.2) is 24.4 Å². The van der Waals surface area contributed by atoms with Crippen molar-refractivity contribution in [3.8, 4) is 0 Å². The summed E-state index contributed by atoms with van der Waals surface area (Å²) in [6.45, 7) is 6.33. The molecule has 2 aromatic heterocycles. The van der Waals surface area contributed by atoms with Crippen LogP contribution in [0.3, 0.4) is 0 Å². The number of nitrogens with one attached hydrogen (secondary N) is 1. The van der Waals surface area contributed by atoms with Gasteiger partial charge in [-0.25, -0.2) is 4.52 Å². The number of nitrogens with zero attached hydrogens (tertiary/aromatic N) is 4. The number of hydrogen-bond acceptors (Lipinski definition) is 4. The van der Waals surface area contributed by atoms with Gasteiger partial charge in [0.2, 0.25) is 5.95 Å². The van der Waals surface area contributed by atoms with Crippen molar-refractivity contribution < 1.29 is 0 Å². The topological polar surface area (TPSA) is 45.5 Å². The molecule has 0 saturated carbocycles. The highest BCUT2D eigenvalue weighted by Crippen LogP contribution is 2.16. The minimum Gasteiger partial charge on any atom is -0.334 e. The van der Waals surface area contributed by atoms with Gasteiger partial charge in [-0.2, -0.15) is 4.98 Å². The van der Waals surface area contributed by atoms with Crippen LogP contribution in [-0.2, 0) is 0 Å². The van der Waals surface area contributed by atoms with Gasteiger partial charge in [0.1, 0.15) is 0 Å². The van der Waals surface area contributed by atoms with E-state index in [1.54, 1.807) is 0 Å². The van der Waals surface area contributed by atoms with Gasteiger partial charge >= 0.3 is 0 Å². The first-order chi connectivity index (χ1) is 8.24. The van der Waals surface area contributed by atoms with Crippen LogP contribution < -0.4 is 10.2 Å². The number of anilines is 1. The summed E-state index contributed by atoms with van der Waals surface area (Å²) in [7, 11) is 0. The van der Waals surface area contributed by atoms with Crippen molar-refractivity contribution in [3.63, 3.8) is 0 Å². The van der Waals surface area contributed by atoms with Gasteiger partial charge in [0.25, 0.3) is 0 Å². The lowest BCUT2D eigenvalue weighted by atomic mass is 10.1. The summed E-state index contributed by atoms with van der Waals surface area (Å²) in [5.41, 5.74) is 0.904. The molecule has 0 radical (unpaired) electrons. The summed E-state index contributed by atoms with van der Waals surface area (Å²) in [5.74, 6) is 0.831.